The minimum Gasteiger partial charge on any atom is -0.393 e. The summed E-state index contributed by atoms with van der Waals surface area (Å²) in [7, 11) is 0. The third kappa shape index (κ3) is 2.67. The molecule has 0 saturated carbocycles. The second-order valence-corrected chi connectivity index (χ2v) is 6.57. The molecule has 108 valence electrons. The van der Waals surface area contributed by atoms with Crippen LogP contribution in [0.3, 0.4) is 0 Å². The average Bonchev–Trinajstić information content (AvgIpc) is 2.65. The fourth-order valence-corrected chi connectivity index (χ4v) is 3.95. The molecule has 1 aromatic carbocycles. The van der Waals surface area contributed by atoms with Gasteiger partial charge in [-0.15, -0.1) is 0 Å². The number of amides is 1. The van der Waals surface area contributed by atoms with Crippen LogP contribution in [0.5, 0.6) is 0 Å². The minimum atomic E-state index is -0.254. The Labute approximate surface area is 128 Å². The van der Waals surface area contributed by atoms with Gasteiger partial charge in [0.1, 0.15) is 0 Å². The monoisotopic (exact) mass is 313 g/mol. The highest BCUT2D eigenvalue weighted by Gasteiger charge is 2.42. The SMILES string of the molecule is O=C(Cc1ccc(Cl)cc1Cl)N1C2CCC1CC(O)C2. The van der Waals surface area contributed by atoms with Crippen molar-refractivity contribution in [3.63, 3.8) is 0 Å². The molecule has 1 amide bonds. The van der Waals surface area contributed by atoms with Gasteiger partial charge in [-0.2, -0.15) is 0 Å². The molecule has 2 saturated heterocycles. The van der Waals surface area contributed by atoms with Crippen molar-refractivity contribution >= 4 is 29.1 Å². The summed E-state index contributed by atoms with van der Waals surface area (Å²) in [6, 6.07) is 5.62. The van der Waals surface area contributed by atoms with Crippen LogP contribution >= 0.6 is 23.2 Å². The Kier molecular flexibility index (Phi) is 3.93. The van der Waals surface area contributed by atoms with Gasteiger partial charge in [-0.3, -0.25) is 4.79 Å². The van der Waals surface area contributed by atoms with E-state index in [1.807, 2.05) is 11.0 Å². The lowest BCUT2D eigenvalue weighted by molar-refractivity contribution is -0.136. The van der Waals surface area contributed by atoms with E-state index in [2.05, 4.69) is 0 Å². The first-order chi connectivity index (χ1) is 9.54. The lowest BCUT2D eigenvalue weighted by atomic mass is 9.99. The first-order valence-corrected chi connectivity index (χ1v) is 7.73. The van der Waals surface area contributed by atoms with Crippen molar-refractivity contribution in [1.82, 2.24) is 4.90 Å². The number of nitrogens with zero attached hydrogens (tertiary/aromatic N) is 1. The van der Waals surface area contributed by atoms with Crippen LogP contribution in [0, 0.1) is 0 Å². The third-order valence-electron chi connectivity index (χ3n) is 4.35. The number of halogens is 2. The van der Waals surface area contributed by atoms with Gasteiger partial charge in [0.05, 0.1) is 12.5 Å². The molecule has 2 unspecified atom stereocenters. The Bertz CT molecular complexity index is 521. The zero-order chi connectivity index (χ0) is 14.3. The van der Waals surface area contributed by atoms with Gasteiger partial charge in [0, 0.05) is 22.1 Å². The number of aliphatic hydroxyl groups excluding tert-OH is 1. The number of hydrogen-bond donors (Lipinski definition) is 1. The molecule has 2 heterocycles. The molecule has 0 aliphatic carbocycles. The first-order valence-electron chi connectivity index (χ1n) is 6.97. The highest BCUT2D eigenvalue weighted by Crippen LogP contribution is 2.36. The molecule has 3 nitrogen and oxygen atoms in total. The molecule has 2 atom stereocenters. The molecule has 1 N–H and O–H groups in total. The van der Waals surface area contributed by atoms with E-state index in [4.69, 9.17) is 23.2 Å². The van der Waals surface area contributed by atoms with E-state index in [0.29, 0.717) is 29.3 Å². The zero-order valence-electron chi connectivity index (χ0n) is 11.1. The quantitative estimate of drug-likeness (QED) is 0.911. The Hall–Kier alpha value is -0.770. The maximum atomic E-state index is 12.5. The number of fused-ring (bicyclic) bond motifs is 2. The molecule has 2 aliphatic heterocycles. The number of rotatable bonds is 2. The summed E-state index contributed by atoms with van der Waals surface area (Å²) in [5.74, 6) is 0.105. The van der Waals surface area contributed by atoms with Crippen molar-refractivity contribution in [2.75, 3.05) is 0 Å². The molecule has 2 fully saturated rings. The standard InChI is InChI=1S/C15H17Cl2NO2/c16-10-2-1-9(14(17)6-10)5-15(20)18-11-3-4-12(18)8-13(19)7-11/h1-2,6,11-13,19H,3-5,7-8H2. The van der Waals surface area contributed by atoms with Crippen LogP contribution in [-0.2, 0) is 11.2 Å². The van der Waals surface area contributed by atoms with Crippen molar-refractivity contribution < 1.29 is 9.90 Å². The highest BCUT2D eigenvalue weighted by atomic mass is 35.5. The maximum absolute atomic E-state index is 12.5. The van der Waals surface area contributed by atoms with Crippen LogP contribution in [0.15, 0.2) is 18.2 Å². The van der Waals surface area contributed by atoms with Crippen LogP contribution in [0.1, 0.15) is 31.2 Å². The van der Waals surface area contributed by atoms with E-state index in [0.717, 1.165) is 18.4 Å². The molecule has 20 heavy (non-hydrogen) atoms. The molecule has 0 spiro atoms. The molecular formula is C15H17Cl2NO2. The van der Waals surface area contributed by atoms with Crippen LogP contribution in [0.25, 0.3) is 0 Å². The predicted molar refractivity (Wildman–Crippen MR) is 79.1 cm³/mol. The van der Waals surface area contributed by atoms with Crippen LogP contribution in [-0.4, -0.2) is 34.1 Å². The van der Waals surface area contributed by atoms with Crippen molar-refractivity contribution in [3.8, 4) is 0 Å². The Balaban J connectivity index is 1.74. The summed E-state index contributed by atoms with van der Waals surface area (Å²) >= 11 is 12.0. The molecule has 5 heteroatoms. The molecule has 0 aromatic heterocycles. The number of hydrogen-bond acceptors (Lipinski definition) is 2. The maximum Gasteiger partial charge on any atom is 0.227 e. The van der Waals surface area contributed by atoms with Crippen LogP contribution < -0.4 is 0 Å². The number of piperidine rings is 1. The van der Waals surface area contributed by atoms with E-state index < -0.39 is 0 Å². The van der Waals surface area contributed by atoms with Gasteiger partial charge in [0.25, 0.3) is 0 Å². The van der Waals surface area contributed by atoms with E-state index in [9.17, 15) is 9.90 Å². The number of benzene rings is 1. The fraction of sp³-hybridized carbons (Fsp3) is 0.533. The molecular weight excluding hydrogens is 297 g/mol. The average molecular weight is 314 g/mol. The number of aliphatic hydroxyl groups is 1. The van der Waals surface area contributed by atoms with E-state index in [-0.39, 0.29) is 24.1 Å². The summed E-state index contributed by atoms with van der Waals surface area (Å²) in [6.07, 6.45) is 3.46. The molecule has 0 radical (unpaired) electrons. The largest absolute Gasteiger partial charge is 0.393 e. The van der Waals surface area contributed by atoms with Gasteiger partial charge in [-0.1, -0.05) is 29.3 Å². The first kappa shape index (κ1) is 14.2. The number of carbonyl (C=O) groups is 1. The fourth-order valence-electron chi connectivity index (χ4n) is 3.47. The van der Waals surface area contributed by atoms with Crippen LogP contribution in [0.4, 0.5) is 0 Å². The molecule has 2 aliphatic rings. The lowest BCUT2D eigenvalue weighted by Gasteiger charge is -2.37. The van der Waals surface area contributed by atoms with Crippen molar-refractivity contribution in [1.29, 1.82) is 0 Å². The topological polar surface area (TPSA) is 40.5 Å². The van der Waals surface area contributed by atoms with E-state index in [1.165, 1.54) is 0 Å². The lowest BCUT2D eigenvalue weighted by Crippen LogP contribution is -2.48. The predicted octanol–water partition coefficient (Wildman–Crippen LogP) is 3.05. The summed E-state index contributed by atoms with van der Waals surface area (Å²) < 4.78 is 0. The van der Waals surface area contributed by atoms with Gasteiger partial charge in [0.2, 0.25) is 5.91 Å². The van der Waals surface area contributed by atoms with E-state index >= 15 is 0 Å². The zero-order valence-corrected chi connectivity index (χ0v) is 12.6. The number of carbonyl (C=O) groups excluding carboxylic acids is 1. The van der Waals surface area contributed by atoms with Gasteiger partial charge in [-0.25, -0.2) is 0 Å². The van der Waals surface area contributed by atoms with Crippen molar-refractivity contribution in [2.24, 2.45) is 0 Å². The van der Waals surface area contributed by atoms with Gasteiger partial charge in [-0.05, 0) is 43.4 Å². The Morgan fingerprint density at radius 1 is 1.25 bits per heavy atom. The Morgan fingerprint density at radius 2 is 1.90 bits per heavy atom. The van der Waals surface area contributed by atoms with Gasteiger partial charge < -0.3 is 10.0 Å². The third-order valence-corrected chi connectivity index (χ3v) is 4.94. The van der Waals surface area contributed by atoms with Crippen molar-refractivity contribution in [3.05, 3.63) is 33.8 Å². The molecule has 3 rings (SSSR count). The minimum absolute atomic E-state index is 0.105. The smallest absolute Gasteiger partial charge is 0.227 e. The van der Waals surface area contributed by atoms with Gasteiger partial charge >= 0.3 is 0 Å². The van der Waals surface area contributed by atoms with Crippen LogP contribution in [0.2, 0.25) is 10.0 Å². The molecule has 1 aromatic rings. The van der Waals surface area contributed by atoms with Crippen molar-refractivity contribution in [2.45, 2.75) is 50.3 Å². The molecule has 2 bridgehead atoms. The summed E-state index contributed by atoms with van der Waals surface area (Å²) in [6.45, 7) is 0. The highest BCUT2D eigenvalue weighted by molar-refractivity contribution is 6.35. The summed E-state index contributed by atoms with van der Waals surface area (Å²) in [5.41, 5.74) is 0.812. The normalized spacial score (nSPS) is 28.8. The second kappa shape index (κ2) is 5.55. The second-order valence-electron chi connectivity index (χ2n) is 5.72. The summed E-state index contributed by atoms with van der Waals surface area (Å²) in [5, 5.41) is 10.9. The van der Waals surface area contributed by atoms with E-state index in [1.54, 1.807) is 12.1 Å². The Morgan fingerprint density at radius 3 is 2.50 bits per heavy atom. The summed E-state index contributed by atoms with van der Waals surface area (Å²) in [4.78, 5) is 14.5. The van der Waals surface area contributed by atoms with Gasteiger partial charge in [0.15, 0.2) is 0 Å².